The van der Waals surface area contributed by atoms with Crippen molar-refractivity contribution in [3.05, 3.63) is 29.1 Å². The van der Waals surface area contributed by atoms with E-state index >= 15 is 0 Å². The fourth-order valence-electron chi connectivity index (χ4n) is 1.74. The van der Waals surface area contributed by atoms with Gasteiger partial charge in [-0.3, -0.25) is 4.98 Å². The fourth-order valence-corrected chi connectivity index (χ4v) is 1.74. The minimum atomic E-state index is 0.548. The first-order valence-electron chi connectivity index (χ1n) is 5.16. The molecule has 1 saturated carbocycles. The SMILES string of the molecule is Cc1nc(C(C)C)ccc1C1CC1. The number of rotatable bonds is 2. The minimum Gasteiger partial charge on any atom is -0.258 e. The molecule has 1 heterocycles. The van der Waals surface area contributed by atoms with E-state index in [0.717, 1.165) is 5.92 Å². The third kappa shape index (κ3) is 1.74. The summed E-state index contributed by atoms with van der Waals surface area (Å²) in [6.07, 6.45) is 2.73. The van der Waals surface area contributed by atoms with Gasteiger partial charge in [0.15, 0.2) is 0 Å². The van der Waals surface area contributed by atoms with E-state index in [1.165, 1.54) is 29.8 Å². The molecule has 1 heteroatoms. The van der Waals surface area contributed by atoms with Crippen molar-refractivity contribution in [3.8, 4) is 0 Å². The number of hydrogen-bond donors (Lipinski definition) is 0. The molecule has 13 heavy (non-hydrogen) atoms. The summed E-state index contributed by atoms with van der Waals surface area (Å²) in [7, 11) is 0. The largest absolute Gasteiger partial charge is 0.258 e. The summed E-state index contributed by atoms with van der Waals surface area (Å²) in [5.74, 6) is 1.38. The summed E-state index contributed by atoms with van der Waals surface area (Å²) in [6, 6.07) is 4.46. The third-order valence-corrected chi connectivity index (χ3v) is 2.76. The van der Waals surface area contributed by atoms with Gasteiger partial charge in [-0.2, -0.15) is 0 Å². The molecule has 2 rings (SSSR count). The highest BCUT2D eigenvalue weighted by Crippen LogP contribution is 2.41. The summed E-state index contributed by atoms with van der Waals surface area (Å²) in [5.41, 5.74) is 3.94. The molecule has 0 aromatic carbocycles. The van der Waals surface area contributed by atoms with E-state index in [4.69, 9.17) is 0 Å². The predicted octanol–water partition coefficient (Wildman–Crippen LogP) is 3.39. The van der Waals surface area contributed by atoms with Crippen molar-refractivity contribution in [3.63, 3.8) is 0 Å². The third-order valence-electron chi connectivity index (χ3n) is 2.76. The minimum absolute atomic E-state index is 0.548. The smallest absolute Gasteiger partial charge is 0.0432 e. The van der Waals surface area contributed by atoms with Gasteiger partial charge >= 0.3 is 0 Å². The quantitative estimate of drug-likeness (QED) is 0.671. The molecule has 0 radical (unpaired) electrons. The Morgan fingerprint density at radius 2 is 2.00 bits per heavy atom. The maximum Gasteiger partial charge on any atom is 0.0432 e. The van der Waals surface area contributed by atoms with E-state index in [2.05, 4.69) is 37.9 Å². The monoisotopic (exact) mass is 175 g/mol. The topological polar surface area (TPSA) is 12.9 Å². The van der Waals surface area contributed by atoms with Crippen LogP contribution in [0.15, 0.2) is 12.1 Å². The van der Waals surface area contributed by atoms with Crippen molar-refractivity contribution >= 4 is 0 Å². The lowest BCUT2D eigenvalue weighted by atomic mass is 10.0. The number of hydrogen-bond acceptors (Lipinski definition) is 1. The molecule has 1 aromatic rings. The Hall–Kier alpha value is -0.850. The molecule has 0 spiro atoms. The molecule has 0 amide bonds. The summed E-state index contributed by atoms with van der Waals surface area (Å²) >= 11 is 0. The number of pyridine rings is 1. The Balaban J connectivity index is 2.31. The molecule has 0 aliphatic heterocycles. The van der Waals surface area contributed by atoms with Crippen LogP contribution in [0, 0.1) is 6.92 Å². The summed E-state index contributed by atoms with van der Waals surface area (Å²) in [6.45, 7) is 6.52. The Morgan fingerprint density at radius 1 is 1.31 bits per heavy atom. The van der Waals surface area contributed by atoms with E-state index in [-0.39, 0.29) is 0 Å². The molecule has 0 unspecified atom stereocenters. The van der Waals surface area contributed by atoms with Gasteiger partial charge in [-0.25, -0.2) is 0 Å². The molecule has 0 atom stereocenters. The van der Waals surface area contributed by atoms with Crippen LogP contribution in [0.1, 0.15) is 55.5 Å². The van der Waals surface area contributed by atoms with Gasteiger partial charge in [0.1, 0.15) is 0 Å². The number of nitrogens with zero attached hydrogens (tertiary/aromatic N) is 1. The summed E-state index contributed by atoms with van der Waals surface area (Å²) in [5, 5.41) is 0. The standard InChI is InChI=1S/C12H17N/c1-8(2)12-7-6-11(9(3)13-12)10-4-5-10/h6-8,10H,4-5H2,1-3H3. The molecule has 1 aliphatic carbocycles. The highest BCUT2D eigenvalue weighted by Gasteiger charge is 2.25. The van der Waals surface area contributed by atoms with Gasteiger partial charge in [0, 0.05) is 11.4 Å². The first kappa shape index (κ1) is 8.74. The molecule has 70 valence electrons. The Kier molecular flexibility index (Phi) is 2.10. The molecule has 0 saturated heterocycles. The summed E-state index contributed by atoms with van der Waals surface area (Å²) in [4.78, 5) is 4.63. The highest BCUT2D eigenvalue weighted by atomic mass is 14.7. The van der Waals surface area contributed by atoms with Crippen LogP contribution in [0.3, 0.4) is 0 Å². The molecule has 1 nitrogen and oxygen atoms in total. The van der Waals surface area contributed by atoms with Crippen molar-refractivity contribution in [1.82, 2.24) is 4.98 Å². The number of aromatic nitrogens is 1. The predicted molar refractivity (Wildman–Crippen MR) is 55.0 cm³/mol. The Labute approximate surface area is 80.2 Å². The van der Waals surface area contributed by atoms with E-state index in [0.29, 0.717) is 5.92 Å². The average molecular weight is 175 g/mol. The van der Waals surface area contributed by atoms with Gasteiger partial charge in [0.25, 0.3) is 0 Å². The molecule has 0 N–H and O–H groups in total. The maximum atomic E-state index is 4.63. The van der Waals surface area contributed by atoms with Crippen LogP contribution in [0.2, 0.25) is 0 Å². The number of aryl methyl sites for hydroxylation is 1. The van der Waals surface area contributed by atoms with Crippen LogP contribution in [0.5, 0.6) is 0 Å². The molecular weight excluding hydrogens is 158 g/mol. The Morgan fingerprint density at radius 3 is 2.46 bits per heavy atom. The van der Waals surface area contributed by atoms with Crippen molar-refractivity contribution in [2.45, 2.75) is 45.4 Å². The molecule has 1 fully saturated rings. The van der Waals surface area contributed by atoms with E-state index < -0.39 is 0 Å². The second-order valence-electron chi connectivity index (χ2n) is 4.34. The lowest BCUT2D eigenvalue weighted by Crippen LogP contribution is -1.97. The first-order chi connectivity index (χ1) is 6.18. The van der Waals surface area contributed by atoms with Gasteiger partial charge in [-0.15, -0.1) is 0 Å². The van der Waals surface area contributed by atoms with Crippen molar-refractivity contribution < 1.29 is 0 Å². The second-order valence-corrected chi connectivity index (χ2v) is 4.34. The van der Waals surface area contributed by atoms with Crippen LogP contribution in [-0.4, -0.2) is 4.98 Å². The van der Waals surface area contributed by atoms with Gasteiger partial charge in [-0.1, -0.05) is 19.9 Å². The molecule has 0 bridgehead atoms. The first-order valence-corrected chi connectivity index (χ1v) is 5.16. The second kappa shape index (κ2) is 3.13. The zero-order chi connectivity index (χ0) is 9.42. The zero-order valence-corrected chi connectivity index (χ0v) is 8.67. The van der Waals surface area contributed by atoms with Crippen molar-refractivity contribution in [1.29, 1.82) is 0 Å². The lowest BCUT2D eigenvalue weighted by Gasteiger charge is -2.08. The molecule has 1 aliphatic rings. The van der Waals surface area contributed by atoms with Crippen LogP contribution < -0.4 is 0 Å². The van der Waals surface area contributed by atoms with E-state index in [1.807, 2.05) is 0 Å². The zero-order valence-electron chi connectivity index (χ0n) is 8.67. The highest BCUT2D eigenvalue weighted by molar-refractivity contribution is 5.29. The van der Waals surface area contributed by atoms with Crippen LogP contribution in [0.4, 0.5) is 0 Å². The van der Waals surface area contributed by atoms with Crippen molar-refractivity contribution in [2.24, 2.45) is 0 Å². The van der Waals surface area contributed by atoms with Gasteiger partial charge in [0.2, 0.25) is 0 Å². The maximum absolute atomic E-state index is 4.63. The Bertz CT molecular complexity index is 311. The summed E-state index contributed by atoms with van der Waals surface area (Å²) < 4.78 is 0. The van der Waals surface area contributed by atoms with E-state index in [1.54, 1.807) is 0 Å². The van der Waals surface area contributed by atoms with Crippen LogP contribution in [-0.2, 0) is 0 Å². The van der Waals surface area contributed by atoms with Gasteiger partial charge < -0.3 is 0 Å². The van der Waals surface area contributed by atoms with Crippen molar-refractivity contribution in [2.75, 3.05) is 0 Å². The molecule has 1 aromatic heterocycles. The van der Waals surface area contributed by atoms with Gasteiger partial charge in [0.05, 0.1) is 0 Å². The lowest BCUT2D eigenvalue weighted by molar-refractivity contribution is 0.809. The molecular formula is C12H17N. The van der Waals surface area contributed by atoms with E-state index in [9.17, 15) is 0 Å². The average Bonchev–Trinajstić information content (AvgIpc) is 2.87. The normalized spacial score (nSPS) is 16.6. The fraction of sp³-hybridized carbons (Fsp3) is 0.583. The van der Waals surface area contributed by atoms with Gasteiger partial charge in [-0.05, 0) is 43.2 Å². The van der Waals surface area contributed by atoms with Crippen LogP contribution >= 0.6 is 0 Å². The van der Waals surface area contributed by atoms with Crippen LogP contribution in [0.25, 0.3) is 0 Å².